The largest absolute Gasteiger partial charge is 0.394 e. The van der Waals surface area contributed by atoms with E-state index in [4.69, 9.17) is 52.1 Å². The Bertz CT molecular complexity index is 1850. The molecule has 0 bridgehead atoms. The quantitative estimate of drug-likeness (QED) is 0.0432. The highest BCUT2D eigenvalue weighted by molar-refractivity contribution is 5.14. The first-order valence-corrected chi connectivity index (χ1v) is 25.1. The summed E-state index contributed by atoms with van der Waals surface area (Å²) < 4.78 is 63.0. The third-order valence-electron chi connectivity index (χ3n) is 13.8. The lowest BCUT2D eigenvalue weighted by atomic mass is 9.95. The van der Waals surface area contributed by atoms with Gasteiger partial charge in [-0.25, -0.2) is 0 Å². The molecular formula is C46H77NO30. The van der Waals surface area contributed by atoms with Gasteiger partial charge >= 0.3 is 0 Å². The van der Waals surface area contributed by atoms with Crippen molar-refractivity contribution in [2.45, 2.75) is 204 Å². The summed E-state index contributed by atoms with van der Waals surface area (Å²) in [5, 5.41) is 209. The van der Waals surface area contributed by atoms with Crippen LogP contribution in [-0.4, -0.2) is 327 Å². The van der Waals surface area contributed by atoms with E-state index in [9.17, 15) is 97.0 Å². The van der Waals surface area contributed by atoms with Crippen molar-refractivity contribution >= 4 is 0 Å². The van der Waals surface area contributed by atoms with Gasteiger partial charge in [0, 0.05) is 13.1 Å². The molecule has 31 heteroatoms. The first kappa shape index (κ1) is 64.2. The number of ether oxygens (including phenoxy) is 11. The second kappa shape index (κ2) is 29.3. The van der Waals surface area contributed by atoms with Crippen molar-refractivity contribution in [2.75, 3.05) is 46.2 Å². The lowest BCUT2D eigenvalue weighted by Gasteiger charge is -2.49. The molecule has 5 fully saturated rings. The van der Waals surface area contributed by atoms with Crippen molar-refractivity contribution in [2.24, 2.45) is 0 Å². The Labute approximate surface area is 440 Å². The first-order chi connectivity index (χ1) is 36.6. The summed E-state index contributed by atoms with van der Waals surface area (Å²) in [6, 6.07) is 8.82. The van der Waals surface area contributed by atoms with Gasteiger partial charge in [-0.3, -0.25) is 0 Å². The zero-order chi connectivity index (χ0) is 56.6. The van der Waals surface area contributed by atoms with Gasteiger partial charge in [-0.1, -0.05) is 30.3 Å². The van der Waals surface area contributed by atoms with Gasteiger partial charge in [-0.15, -0.1) is 0 Å². The molecule has 0 aromatic heterocycles. The molecule has 0 amide bonds. The van der Waals surface area contributed by atoms with Crippen LogP contribution in [0.25, 0.3) is 0 Å². The summed E-state index contributed by atoms with van der Waals surface area (Å²) in [5.74, 6) is 0. The van der Waals surface area contributed by atoms with Gasteiger partial charge in [0.2, 0.25) is 0 Å². The van der Waals surface area contributed by atoms with Crippen molar-refractivity contribution in [3.8, 4) is 0 Å². The van der Waals surface area contributed by atoms with Crippen LogP contribution in [0.5, 0.6) is 0 Å². The molecular weight excluding hydrogens is 1050 g/mol. The smallest absolute Gasteiger partial charge is 0.187 e. The third-order valence-corrected chi connectivity index (χ3v) is 13.8. The topological polar surface area (TPSA) is 498 Å². The minimum absolute atomic E-state index is 0.172. The fraction of sp³-hybridized carbons (Fsp3) is 0.870. The highest BCUT2D eigenvalue weighted by Crippen LogP contribution is 2.36. The van der Waals surface area contributed by atoms with Crippen LogP contribution in [0.1, 0.15) is 19.4 Å². The number of benzene rings is 1. The van der Waals surface area contributed by atoms with Crippen LogP contribution in [0.15, 0.2) is 30.3 Å². The highest BCUT2D eigenvalue weighted by atomic mass is 16.8. The number of rotatable bonds is 25. The highest BCUT2D eigenvalue weighted by Gasteiger charge is 2.56. The third kappa shape index (κ3) is 15.2. The van der Waals surface area contributed by atoms with Crippen molar-refractivity contribution in [1.82, 2.24) is 5.32 Å². The van der Waals surface area contributed by atoms with E-state index in [0.717, 1.165) is 5.56 Å². The van der Waals surface area contributed by atoms with E-state index < -0.39 is 224 Å². The van der Waals surface area contributed by atoms with Crippen LogP contribution < -0.4 is 5.32 Å². The Balaban J connectivity index is 1.28. The molecule has 1 aromatic rings. The van der Waals surface area contributed by atoms with E-state index in [-0.39, 0.29) is 13.1 Å². The monoisotopic (exact) mass is 1120 g/mol. The van der Waals surface area contributed by atoms with Crippen molar-refractivity contribution in [1.29, 1.82) is 0 Å². The molecule has 0 saturated carbocycles. The molecule has 29 atom stereocenters. The molecule has 5 saturated heterocycles. The summed E-state index contributed by atoms with van der Waals surface area (Å²) in [4.78, 5) is 0. The maximum absolute atomic E-state index is 12.0. The zero-order valence-corrected chi connectivity index (χ0v) is 41.9. The van der Waals surface area contributed by atoms with Crippen LogP contribution >= 0.6 is 0 Å². The molecule has 5 aliphatic heterocycles. The van der Waals surface area contributed by atoms with E-state index in [1.807, 2.05) is 0 Å². The molecule has 29 unspecified atom stereocenters. The SMILES string of the molecule is CC(C)OC1C(O)C(CO)OC(OC2C(O)C(CO)OC(OC3C(O)C(COC4OC(CO)C(O)C(OC5OC(CO)C(O)C(O)C5O)C4O)OC(OC(C(O)CNCc4ccccc4)C(O)C(O)CO)C3O)C2O)C1O. The fourth-order valence-electron chi connectivity index (χ4n) is 9.42. The minimum Gasteiger partial charge on any atom is -0.394 e. The molecule has 31 nitrogen and oxygen atoms in total. The number of hydrogen-bond donors (Lipinski definition) is 20. The van der Waals surface area contributed by atoms with Crippen LogP contribution in [0, 0.1) is 0 Å². The Morgan fingerprint density at radius 2 is 0.870 bits per heavy atom. The summed E-state index contributed by atoms with van der Waals surface area (Å²) in [6.45, 7) is -2.70. The number of nitrogens with one attached hydrogen (secondary N) is 1. The maximum atomic E-state index is 12.0. The average Bonchev–Trinajstić information content (AvgIpc) is 3.42. The lowest BCUT2D eigenvalue weighted by Crippen LogP contribution is -2.67. The average molecular weight is 1120 g/mol. The molecule has 1 aromatic carbocycles. The summed E-state index contributed by atoms with van der Waals surface area (Å²) in [5.41, 5.74) is 0.769. The van der Waals surface area contributed by atoms with Crippen molar-refractivity contribution < 1.29 is 149 Å². The van der Waals surface area contributed by atoms with Gasteiger partial charge in [-0.05, 0) is 19.4 Å². The number of aliphatic hydroxyl groups excluding tert-OH is 19. The van der Waals surface area contributed by atoms with Crippen molar-refractivity contribution in [3.63, 3.8) is 0 Å². The Morgan fingerprint density at radius 1 is 0.455 bits per heavy atom. The Kier molecular flexibility index (Phi) is 24.4. The molecule has 446 valence electrons. The molecule has 5 aliphatic rings. The van der Waals surface area contributed by atoms with Crippen molar-refractivity contribution in [3.05, 3.63) is 35.9 Å². The van der Waals surface area contributed by atoms with E-state index in [0.29, 0.717) is 0 Å². The van der Waals surface area contributed by atoms with Gasteiger partial charge < -0.3 is 154 Å². The Morgan fingerprint density at radius 3 is 1.36 bits per heavy atom. The van der Waals surface area contributed by atoms with E-state index in [1.165, 1.54) is 0 Å². The first-order valence-electron chi connectivity index (χ1n) is 25.1. The number of aliphatic hydroxyl groups is 19. The summed E-state index contributed by atoms with van der Waals surface area (Å²) in [7, 11) is 0. The summed E-state index contributed by atoms with van der Waals surface area (Å²) in [6.07, 6.45) is -56.0. The van der Waals surface area contributed by atoms with Crippen LogP contribution in [0.3, 0.4) is 0 Å². The van der Waals surface area contributed by atoms with E-state index in [2.05, 4.69) is 5.32 Å². The van der Waals surface area contributed by atoms with E-state index >= 15 is 0 Å². The summed E-state index contributed by atoms with van der Waals surface area (Å²) >= 11 is 0. The van der Waals surface area contributed by atoms with Gasteiger partial charge in [0.05, 0.1) is 51.8 Å². The molecule has 0 spiro atoms. The predicted molar refractivity (Wildman–Crippen MR) is 246 cm³/mol. The minimum atomic E-state index is -2.28. The van der Waals surface area contributed by atoms with Crippen LogP contribution in [0.4, 0.5) is 0 Å². The standard InChI is InChI=1S/C46H77NO30/c1-16(2)68-38-27(57)22(13-51)71-44(34(38)64)76-40-29(59)23(14-52)72-45(35(40)65)77-41-30(60)24(73-46(36(41)66)74-37(25(55)19(54)10-48)18(53)9-47-8-17-6-4-3-5-7-17)15-67-42-33(63)39(28(58)21(12-50)69-42)75-43-32(62)31(61)26(56)20(11-49)70-43/h3-7,16,18-66H,8-15H2,1-2H3. The molecule has 77 heavy (non-hydrogen) atoms. The van der Waals surface area contributed by atoms with Gasteiger partial charge in [0.25, 0.3) is 0 Å². The molecule has 20 N–H and O–H groups in total. The maximum Gasteiger partial charge on any atom is 0.187 e. The van der Waals surface area contributed by atoms with Crippen LogP contribution in [0.2, 0.25) is 0 Å². The fourth-order valence-corrected chi connectivity index (χ4v) is 9.42. The predicted octanol–water partition coefficient (Wildman–Crippen LogP) is -11.2. The second-order valence-electron chi connectivity index (χ2n) is 19.7. The molecule has 0 radical (unpaired) electrons. The number of hydrogen-bond acceptors (Lipinski definition) is 31. The van der Waals surface area contributed by atoms with Crippen LogP contribution in [-0.2, 0) is 58.7 Å². The Hall–Kier alpha value is -2.02. The lowest BCUT2D eigenvalue weighted by molar-refractivity contribution is -0.389. The molecule has 6 rings (SSSR count). The van der Waals surface area contributed by atoms with Gasteiger partial charge in [0.1, 0.15) is 140 Å². The van der Waals surface area contributed by atoms with Gasteiger partial charge in [-0.2, -0.15) is 0 Å². The van der Waals surface area contributed by atoms with E-state index in [1.54, 1.807) is 44.2 Å². The molecule has 0 aliphatic carbocycles. The zero-order valence-electron chi connectivity index (χ0n) is 41.9. The van der Waals surface area contributed by atoms with Gasteiger partial charge in [0.15, 0.2) is 31.5 Å². The normalized spacial score (nSPS) is 43.7. The second-order valence-corrected chi connectivity index (χ2v) is 19.7. The molecule has 5 heterocycles.